The SMILES string of the molecule is CC(C)(C)OC(=O)N1CC[C@@]2(C1)C(=O)NC[C@@H]2CO. The Hall–Kier alpha value is -1.30. The summed E-state index contributed by atoms with van der Waals surface area (Å²) < 4.78 is 5.32. The van der Waals surface area contributed by atoms with Crippen LogP contribution in [-0.4, -0.2) is 53.8 Å². The largest absolute Gasteiger partial charge is 0.444 e. The fourth-order valence-corrected chi connectivity index (χ4v) is 2.85. The van der Waals surface area contributed by atoms with E-state index >= 15 is 0 Å². The van der Waals surface area contributed by atoms with Crippen molar-refractivity contribution in [3.8, 4) is 0 Å². The maximum Gasteiger partial charge on any atom is 0.410 e. The number of nitrogens with zero attached hydrogens (tertiary/aromatic N) is 1. The van der Waals surface area contributed by atoms with Crippen molar-refractivity contribution >= 4 is 12.0 Å². The van der Waals surface area contributed by atoms with Crippen molar-refractivity contribution in [1.29, 1.82) is 0 Å². The van der Waals surface area contributed by atoms with Crippen LogP contribution >= 0.6 is 0 Å². The molecular formula is C13H22N2O4. The van der Waals surface area contributed by atoms with Crippen molar-refractivity contribution in [3.05, 3.63) is 0 Å². The summed E-state index contributed by atoms with van der Waals surface area (Å²) in [6.45, 7) is 6.72. The fraction of sp³-hybridized carbons (Fsp3) is 0.846. The molecule has 2 aliphatic heterocycles. The summed E-state index contributed by atoms with van der Waals surface area (Å²) in [5, 5.41) is 12.2. The minimum Gasteiger partial charge on any atom is -0.444 e. The lowest BCUT2D eigenvalue weighted by molar-refractivity contribution is -0.128. The number of carbonyl (C=O) groups is 2. The third kappa shape index (κ3) is 2.54. The Kier molecular flexibility index (Phi) is 3.47. The molecule has 2 saturated heterocycles. The van der Waals surface area contributed by atoms with E-state index in [2.05, 4.69) is 5.32 Å². The van der Waals surface area contributed by atoms with E-state index in [1.807, 2.05) is 20.8 Å². The van der Waals surface area contributed by atoms with Crippen LogP contribution in [0.5, 0.6) is 0 Å². The summed E-state index contributed by atoms with van der Waals surface area (Å²) in [4.78, 5) is 25.6. The van der Waals surface area contributed by atoms with Gasteiger partial charge in [0.25, 0.3) is 0 Å². The fourth-order valence-electron chi connectivity index (χ4n) is 2.85. The lowest BCUT2D eigenvalue weighted by Gasteiger charge is -2.28. The summed E-state index contributed by atoms with van der Waals surface area (Å²) in [6, 6.07) is 0. The lowest BCUT2D eigenvalue weighted by Crippen LogP contribution is -2.42. The first-order valence-corrected chi connectivity index (χ1v) is 6.65. The number of aliphatic hydroxyl groups excluding tert-OH is 1. The van der Waals surface area contributed by atoms with Gasteiger partial charge in [0, 0.05) is 32.2 Å². The minimum atomic E-state index is -0.633. The molecule has 2 aliphatic rings. The summed E-state index contributed by atoms with van der Waals surface area (Å²) in [5.41, 5.74) is -1.17. The molecule has 19 heavy (non-hydrogen) atoms. The highest BCUT2D eigenvalue weighted by Crippen LogP contribution is 2.41. The predicted molar refractivity (Wildman–Crippen MR) is 68.4 cm³/mol. The Balaban J connectivity index is 2.07. The highest BCUT2D eigenvalue weighted by Gasteiger charge is 2.54. The molecule has 0 aromatic heterocycles. The zero-order chi connectivity index (χ0) is 14.3. The van der Waals surface area contributed by atoms with E-state index in [-0.39, 0.29) is 24.5 Å². The van der Waals surface area contributed by atoms with Crippen LogP contribution in [0.1, 0.15) is 27.2 Å². The minimum absolute atomic E-state index is 0.0408. The molecule has 1 spiro atoms. The molecule has 0 radical (unpaired) electrons. The first-order valence-electron chi connectivity index (χ1n) is 6.65. The second kappa shape index (κ2) is 4.67. The highest BCUT2D eigenvalue weighted by atomic mass is 16.6. The standard InChI is InChI=1S/C13H22N2O4/c1-12(2,3)19-11(18)15-5-4-13(8-15)9(7-16)6-14-10(13)17/h9,16H,4-8H2,1-3H3,(H,14,17)/t9-,13+/m1/s1. The zero-order valence-electron chi connectivity index (χ0n) is 11.7. The first-order chi connectivity index (χ1) is 8.78. The lowest BCUT2D eigenvalue weighted by atomic mass is 9.77. The summed E-state index contributed by atoms with van der Waals surface area (Å²) in [5.74, 6) is -0.176. The van der Waals surface area contributed by atoms with Crippen LogP contribution in [0.15, 0.2) is 0 Å². The molecule has 2 rings (SSSR count). The van der Waals surface area contributed by atoms with Crippen LogP contribution in [0.3, 0.4) is 0 Å². The van der Waals surface area contributed by atoms with E-state index in [1.165, 1.54) is 0 Å². The maximum atomic E-state index is 12.0. The summed E-state index contributed by atoms with van der Waals surface area (Å²) in [7, 11) is 0. The molecule has 0 aliphatic carbocycles. The number of likely N-dealkylation sites (tertiary alicyclic amines) is 1. The molecular weight excluding hydrogens is 248 g/mol. The van der Waals surface area contributed by atoms with Gasteiger partial charge in [-0.25, -0.2) is 4.79 Å². The van der Waals surface area contributed by atoms with Crippen LogP contribution in [-0.2, 0) is 9.53 Å². The number of aliphatic hydroxyl groups is 1. The van der Waals surface area contributed by atoms with Crippen LogP contribution < -0.4 is 5.32 Å². The number of hydrogen-bond donors (Lipinski definition) is 2. The molecule has 2 amide bonds. The third-order valence-corrected chi connectivity index (χ3v) is 3.92. The van der Waals surface area contributed by atoms with E-state index in [9.17, 15) is 14.7 Å². The smallest absolute Gasteiger partial charge is 0.410 e. The van der Waals surface area contributed by atoms with Crippen molar-refractivity contribution in [1.82, 2.24) is 10.2 Å². The van der Waals surface area contributed by atoms with E-state index in [4.69, 9.17) is 4.74 Å². The Morgan fingerprint density at radius 3 is 2.84 bits per heavy atom. The molecule has 2 atom stereocenters. The molecule has 0 bridgehead atoms. The molecule has 2 heterocycles. The molecule has 0 saturated carbocycles. The van der Waals surface area contributed by atoms with Crippen LogP contribution in [0, 0.1) is 11.3 Å². The normalized spacial score (nSPS) is 30.8. The van der Waals surface area contributed by atoms with E-state index in [0.717, 1.165) is 0 Å². The quantitative estimate of drug-likeness (QED) is 0.720. The van der Waals surface area contributed by atoms with Gasteiger partial charge >= 0.3 is 6.09 Å². The number of ether oxygens (including phenoxy) is 1. The van der Waals surface area contributed by atoms with Gasteiger partial charge in [0.1, 0.15) is 5.60 Å². The van der Waals surface area contributed by atoms with Crippen molar-refractivity contribution in [2.24, 2.45) is 11.3 Å². The monoisotopic (exact) mass is 270 g/mol. The van der Waals surface area contributed by atoms with Crippen LogP contribution in [0.4, 0.5) is 4.79 Å². The third-order valence-electron chi connectivity index (χ3n) is 3.92. The number of rotatable bonds is 1. The van der Waals surface area contributed by atoms with Crippen molar-refractivity contribution in [2.75, 3.05) is 26.2 Å². The second-order valence-electron chi connectivity index (χ2n) is 6.40. The van der Waals surface area contributed by atoms with E-state index in [1.54, 1.807) is 4.90 Å². The molecule has 0 unspecified atom stereocenters. The maximum absolute atomic E-state index is 12.0. The van der Waals surface area contributed by atoms with Crippen LogP contribution in [0.2, 0.25) is 0 Å². The predicted octanol–water partition coefficient (Wildman–Crippen LogP) is 0.352. The van der Waals surface area contributed by atoms with Gasteiger partial charge in [0.05, 0.1) is 5.41 Å². The Morgan fingerprint density at radius 1 is 1.58 bits per heavy atom. The van der Waals surface area contributed by atoms with Gasteiger partial charge < -0.3 is 20.1 Å². The summed E-state index contributed by atoms with van der Waals surface area (Å²) in [6.07, 6.45) is 0.198. The van der Waals surface area contributed by atoms with Crippen molar-refractivity contribution in [2.45, 2.75) is 32.8 Å². The second-order valence-corrected chi connectivity index (χ2v) is 6.40. The molecule has 0 aromatic rings. The Labute approximate surface area is 113 Å². The topological polar surface area (TPSA) is 78.9 Å². The molecule has 108 valence electrons. The average molecular weight is 270 g/mol. The molecule has 2 N–H and O–H groups in total. The van der Waals surface area contributed by atoms with Crippen molar-refractivity contribution < 1.29 is 19.4 Å². The summed E-state index contributed by atoms with van der Waals surface area (Å²) >= 11 is 0. The molecule has 0 aromatic carbocycles. The van der Waals surface area contributed by atoms with Gasteiger partial charge in [-0.05, 0) is 27.2 Å². The van der Waals surface area contributed by atoms with Gasteiger partial charge in [-0.1, -0.05) is 0 Å². The Morgan fingerprint density at radius 2 is 2.26 bits per heavy atom. The van der Waals surface area contributed by atoms with Gasteiger partial charge in [-0.2, -0.15) is 0 Å². The van der Waals surface area contributed by atoms with Crippen LogP contribution in [0.25, 0.3) is 0 Å². The first kappa shape index (κ1) is 14.1. The van der Waals surface area contributed by atoms with Gasteiger partial charge in [-0.3, -0.25) is 4.79 Å². The van der Waals surface area contributed by atoms with Crippen molar-refractivity contribution in [3.63, 3.8) is 0 Å². The number of nitrogens with one attached hydrogen (secondary N) is 1. The van der Waals surface area contributed by atoms with E-state index in [0.29, 0.717) is 26.1 Å². The Bertz CT molecular complexity index is 391. The molecule has 6 heteroatoms. The molecule has 6 nitrogen and oxygen atoms in total. The average Bonchev–Trinajstić information content (AvgIpc) is 2.85. The zero-order valence-corrected chi connectivity index (χ0v) is 11.7. The number of hydrogen-bond acceptors (Lipinski definition) is 4. The van der Waals surface area contributed by atoms with Gasteiger partial charge in [0.15, 0.2) is 0 Å². The molecule has 2 fully saturated rings. The number of carbonyl (C=O) groups excluding carboxylic acids is 2. The van der Waals surface area contributed by atoms with E-state index < -0.39 is 11.0 Å². The number of amides is 2. The van der Waals surface area contributed by atoms with Gasteiger partial charge in [-0.15, -0.1) is 0 Å². The van der Waals surface area contributed by atoms with Gasteiger partial charge in [0.2, 0.25) is 5.91 Å². The highest BCUT2D eigenvalue weighted by molar-refractivity contribution is 5.87.